The maximum atomic E-state index is 14.3. The lowest BCUT2D eigenvalue weighted by Gasteiger charge is -2.33. The highest BCUT2D eigenvalue weighted by atomic mass is 32.2. The maximum Gasteiger partial charge on any atom is 0.226 e. The average Bonchev–Trinajstić information content (AvgIpc) is 3.47. The van der Waals surface area contributed by atoms with E-state index in [1.807, 2.05) is 24.3 Å². The van der Waals surface area contributed by atoms with Gasteiger partial charge >= 0.3 is 0 Å². The highest BCUT2D eigenvalue weighted by molar-refractivity contribution is 7.88. The van der Waals surface area contributed by atoms with E-state index in [9.17, 15) is 17.6 Å². The van der Waals surface area contributed by atoms with Crippen LogP contribution in [0.4, 0.5) is 4.39 Å². The molecular weight excluding hydrogens is 393 g/mol. The molecule has 1 aliphatic carbocycles. The normalized spacial score (nSPS) is 24.3. The largest absolute Gasteiger partial charge is 0.341 e. The summed E-state index contributed by atoms with van der Waals surface area (Å²) in [5, 5.41) is 0. The van der Waals surface area contributed by atoms with Crippen molar-refractivity contribution < 1.29 is 17.6 Å². The van der Waals surface area contributed by atoms with E-state index < -0.39 is 10.0 Å². The van der Waals surface area contributed by atoms with E-state index in [0.29, 0.717) is 25.2 Å². The van der Waals surface area contributed by atoms with E-state index in [4.69, 9.17) is 0 Å². The van der Waals surface area contributed by atoms with Crippen molar-refractivity contribution in [2.75, 3.05) is 19.3 Å². The molecule has 2 aromatic rings. The molecule has 1 saturated heterocycles. The predicted molar refractivity (Wildman–Crippen MR) is 108 cm³/mol. The molecule has 1 aromatic carbocycles. The summed E-state index contributed by atoms with van der Waals surface area (Å²) in [6.07, 6.45) is 4.91. The first kappa shape index (κ1) is 20.0. The van der Waals surface area contributed by atoms with E-state index in [2.05, 4.69) is 9.71 Å². The van der Waals surface area contributed by atoms with Gasteiger partial charge in [-0.25, -0.2) is 17.5 Å². The molecule has 1 N–H and O–H groups in total. The number of hydrogen-bond acceptors (Lipinski definition) is 4. The van der Waals surface area contributed by atoms with Crippen LogP contribution in [0, 0.1) is 11.7 Å². The molecule has 29 heavy (non-hydrogen) atoms. The smallest absolute Gasteiger partial charge is 0.226 e. The van der Waals surface area contributed by atoms with E-state index in [1.54, 1.807) is 17.2 Å². The number of sulfonamides is 1. The molecule has 2 heterocycles. The zero-order valence-corrected chi connectivity index (χ0v) is 17.0. The van der Waals surface area contributed by atoms with Crippen molar-refractivity contribution in [1.29, 1.82) is 0 Å². The first-order valence-electron chi connectivity index (χ1n) is 9.79. The third kappa shape index (κ3) is 4.48. The molecule has 0 bridgehead atoms. The number of benzene rings is 1. The van der Waals surface area contributed by atoms with Gasteiger partial charge in [-0.2, -0.15) is 0 Å². The minimum atomic E-state index is -3.30. The standard InChI is InChI=1S/C21H24FN3O3S/c1-29(27,28)24-14-6-5-11-25(13-14)21(26)18-12-17(18)15-7-2-3-8-16(15)20-19(22)9-4-10-23-20/h2-4,7-10,14,17-18,24H,5-6,11-13H2,1H3. The Hall–Kier alpha value is -2.32. The van der Waals surface area contributed by atoms with Crippen LogP contribution in [-0.2, 0) is 14.8 Å². The van der Waals surface area contributed by atoms with Gasteiger partial charge in [0.2, 0.25) is 15.9 Å². The van der Waals surface area contributed by atoms with E-state index in [0.717, 1.165) is 30.2 Å². The van der Waals surface area contributed by atoms with Gasteiger partial charge in [0, 0.05) is 36.8 Å². The number of aromatic nitrogens is 1. The monoisotopic (exact) mass is 417 g/mol. The van der Waals surface area contributed by atoms with E-state index in [1.165, 1.54) is 6.07 Å². The topological polar surface area (TPSA) is 79.4 Å². The van der Waals surface area contributed by atoms with Crippen LogP contribution in [0.1, 0.15) is 30.7 Å². The molecule has 1 amide bonds. The number of rotatable bonds is 5. The molecule has 4 rings (SSSR count). The van der Waals surface area contributed by atoms with Crippen molar-refractivity contribution in [3.63, 3.8) is 0 Å². The Labute approximate surface area is 170 Å². The van der Waals surface area contributed by atoms with Gasteiger partial charge in [0.15, 0.2) is 0 Å². The Kier molecular flexibility index (Phi) is 5.40. The lowest BCUT2D eigenvalue weighted by molar-refractivity contribution is -0.133. The summed E-state index contributed by atoms with van der Waals surface area (Å²) >= 11 is 0. The van der Waals surface area contributed by atoms with Crippen molar-refractivity contribution in [3.05, 3.63) is 54.0 Å². The van der Waals surface area contributed by atoms with Gasteiger partial charge in [-0.15, -0.1) is 0 Å². The fourth-order valence-corrected chi connectivity index (χ4v) is 5.04. The average molecular weight is 418 g/mol. The number of piperidine rings is 1. The molecular formula is C21H24FN3O3S. The molecule has 2 fully saturated rings. The Morgan fingerprint density at radius 2 is 2.03 bits per heavy atom. The SMILES string of the molecule is CS(=O)(=O)NC1CCCN(C(=O)C2CC2c2ccccc2-c2ncccc2F)C1. The van der Waals surface area contributed by atoms with Gasteiger partial charge in [0.05, 0.1) is 6.26 Å². The van der Waals surface area contributed by atoms with Crippen molar-refractivity contribution in [2.24, 2.45) is 5.92 Å². The summed E-state index contributed by atoms with van der Waals surface area (Å²) in [5.41, 5.74) is 1.96. The molecule has 3 atom stereocenters. The third-order valence-electron chi connectivity index (χ3n) is 5.60. The minimum absolute atomic E-state index is 0.0309. The predicted octanol–water partition coefficient (Wildman–Crippen LogP) is 2.53. The molecule has 154 valence electrons. The summed E-state index contributed by atoms with van der Waals surface area (Å²) in [4.78, 5) is 19.0. The summed E-state index contributed by atoms with van der Waals surface area (Å²) < 4.78 is 39.9. The Bertz CT molecular complexity index is 1030. The van der Waals surface area contributed by atoms with Gasteiger partial charge in [-0.05, 0) is 42.9 Å². The van der Waals surface area contributed by atoms with Gasteiger partial charge in [-0.1, -0.05) is 24.3 Å². The lowest BCUT2D eigenvalue weighted by Crippen LogP contribution is -2.49. The van der Waals surface area contributed by atoms with Gasteiger partial charge in [-0.3, -0.25) is 9.78 Å². The van der Waals surface area contributed by atoms with Crippen LogP contribution in [0.5, 0.6) is 0 Å². The number of carbonyl (C=O) groups excluding carboxylic acids is 1. The first-order valence-corrected chi connectivity index (χ1v) is 11.7. The van der Waals surface area contributed by atoms with Crippen LogP contribution in [0.3, 0.4) is 0 Å². The second kappa shape index (κ2) is 7.84. The number of hydrogen-bond donors (Lipinski definition) is 1. The fourth-order valence-electron chi connectivity index (χ4n) is 4.24. The van der Waals surface area contributed by atoms with Crippen molar-refractivity contribution in [1.82, 2.24) is 14.6 Å². The first-order chi connectivity index (χ1) is 13.8. The molecule has 8 heteroatoms. The maximum absolute atomic E-state index is 14.3. The van der Waals surface area contributed by atoms with Crippen LogP contribution in [-0.4, -0.2) is 49.6 Å². The second-order valence-corrected chi connectivity index (χ2v) is 9.66. The van der Waals surface area contributed by atoms with E-state index >= 15 is 0 Å². The number of nitrogens with zero attached hydrogens (tertiary/aromatic N) is 2. The summed E-state index contributed by atoms with van der Waals surface area (Å²) in [6.45, 7) is 1.03. The number of amides is 1. The van der Waals surface area contributed by atoms with Crippen LogP contribution in [0.25, 0.3) is 11.3 Å². The lowest BCUT2D eigenvalue weighted by atomic mass is 9.98. The highest BCUT2D eigenvalue weighted by Gasteiger charge is 2.47. The third-order valence-corrected chi connectivity index (χ3v) is 6.36. The Morgan fingerprint density at radius 3 is 2.79 bits per heavy atom. The zero-order valence-electron chi connectivity index (χ0n) is 16.2. The van der Waals surface area contributed by atoms with Gasteiger partial charge < -0.3 is 4.90 Å². The molecule has 3 unspecified atom stereocenters. The number of nitrogens with one attached hydrogen (secondary N) is 1. The quantitative estimate of drug-likeness (QED) is 0.811. The fraction of sp³-hybridized carbons (Fsp3) is 0.429. The van der Waals surface area contributed by atoms with Crippen LogP contribution in [0.2, 0.25) is 0 Å². The van der Waals surface area contributed by atoms with Crippen molar-refractivity contribution >= 4 is 15.9 Å². The Balaban J connectivity index is 1.49. The Morgan fingerprint density at radius 1 is 1.24 bits per heavy atom. The van der Waals surface area contributed by atoms with Crippen molar-refractivity contribution in [2.45, 2.75) is 31.2 Å². The van der Waals surface area contributed by atoms with Gasteiger partial charge in [0.25, 0.3) is 0 Å². The number of likely N-dealkylation sites (tertiary alicyclic amines) is 1. The molecule has 0 radical (unpaired) electrons. The number of pyridine rings is 1. The van der Waals surface area contributed by atoms with E-state index in [-0.39, 0.29) is 29.6 Å². The number of halogens is 1. The van der Waals surface area contributed by atoms with Crippen molar-refractivity contribution in [3.8, 4) is 11.3 Å². The summed E-state index contributed by atoms with van der Waals surface area (Å²) in [6, 6.07) is 10.2. The van der Waals surface area contributed by atoms with Gasteiger partial charge in [0.1, 0.15) is 11.5 Å². The zero-order chi connectivity index (χ0) is 20.6. The molecule has 0 spiro atoms. The number of carbonyl (C=O) groups is 1. The minimum Gasteiger partial charge on any atom is -0.341 e. The van der Waals surface area contributed by atoms with Crippen LogP contribution >= 0.6 is 0 Å². The molecule has 2 aliphatic rings. The van der Waals surface area contributed by atoms with Crippen LogP contribution in [0.15, 0.2) is 42.6 Å². The molecule has 6 nitrogen and oxygen atoms in total. The summed E-state index contributed by atoms with van der Waals surface area (Å²) in [7, 11) is -3.30. The second-order valence-electron chi connectivity index (χ2n) is 7.88. The molecule has 1 aliphatic heterocycles. The summed E-state index contributed by atoms with van der Waals surface area (Å²) in [5.74, 6) is -0.455. The van der Waals surface area contributed by atoms with Crippen LogP contribution < -0.4 is 4.72 Å². The highest BCUT2D eigenvalue weighted by Crippen LogP contribution is 2.51. The molecule has 1 aromatic heterocycles. The molecule has 1 saturated carbocycles.